The molecule has 0 fully saturated rings. The molecule has 0 radical (unpaired) electrons. The topological polar surface area (TPSA) is 61.2 Å². The van der Waals surface area contributed by atoms with E-state index in [1.165, 1.54) is 0 Å². The molecule has 0 saturated heterocycles. The Morgan fingerprint density at radius 1 is 1.19 bits per heavy atom. The molecule has 1 unspecified atom stereocenters. The van der Waals surface area contributed by atoms with E-state index in [0.717, 1.165) is 35.8 Å². The van der Waals surface area contributed by atoms with Crippen molar-refractivity contribution in [3.05, 3.63) is 72.6 Å². The maximum Gasteiger partial charge on any atom is 0.130 e. The molecule has 27 heavy (non-hydrogen) atoms. The monoisotopic (exact) mass is 366 g/mol. The summed E-state index contributed by atoms with van der Waals surface area (Å²) < 4.78 is 13.5. The summed E-state index contributed by atoms with van der Waals surface area (Å²) in [5, 5.41) is 3.52. The summed E-state index contributed by atoms with van der Waals surface area (Å²) in [5.41, 5.74) is 1.97. The van der Waals surface area contributed by atoms with Gasteiger partial charge in [0, 0.05) is 37.2 Å². The summed E-state index contributed by atoms with van der Waals surface area (Å²) in [5.74, 6) is 2.15. The van der Waals surface area contributed by atoms with Gasteiger partial charge in [0.2, 0.25) is 0 Å². The van der Waals surface area contributed by atoms with Crippen LogP contribution in [0, 0.1) is 5.92 Å². The van der Waals surface area contributed by atoms with Gasteiger partial charge in [0.1, 0.15) is 18.1 Å². The quantitative estimate of drug-likeness (QED) is 0.597. The Morgan fingerprint density at radius 2 is 2.11 bits per heavy atom. The van der Waals surface area contributed by atoms with E-state index in [4.69, 9.17) is 9.47 Å². The van der Waals surface area contributed by atoms with Crippen LogP contribution < -0.4 is 14.8 Å². The molecule has 0 bridgehead atoms. The number of ether oxygens (including phenoxy) is 2. The summed E-state index contributed by atoms with van der Waals surface area (Å²) in [6.07, 6.45) is 7.42. The van der Waals surface area contributed by atoms with Gasteiger partial charge in [-0.15, -0.1) is 0 Å². The molecular weight excluding hydrogens is 340 g/mol. The Kier molecular flexibility index (Phi) is 6.82. The van der Waals surface area contributed by atoms with E-state index in [1.807, 2.05) is 55.1 Å². The van der Waals surface area contributed by atoms with Crippen molar-refractivity contribution in [3.63, 3.8) is 0 Å². The minimum atomic E-state index is 0.442. The Balaban J connectivity index is 1.57. The summed E-state index contributed by atoms with van der Waals surface area (Å²) in [4.78, 5) is 8.39. The highest BCUT2D eigenvalue weighted by Gasteiger charge is 2.08. The van der Waals surface area contributed by atoms with Crippen molar-refractivity contribution in [1.29, 1.82) is 0 Å². The van der Waals surface area contributed by atoms with E-state index >= 15 is 0 Å². The van der Waals surface area contributed by atoms with E-state index in [1.54, 1.807) is 13.3 Å². The van der Waals surface area contributed by atoms with Gasteiger partial charge < -0.3 is 19.4 Å². The molecule has 2 heterocycles. The summed E-state index contributed by atoms with van der Waals surface area (Å²) in [7, 11) is 1.67. The van der Waals surface area contributed by atoms with Gasteiger partial charge >= 0.3 is 0 Å². The first-order chi connectivity index (χ1) is 13.2. The number of rotatable bonds is 10. The zero-order chi connectivity index (χ0) is 18.9. The van der Waals surface area contributed by atoms with Crippen LogP contribution in [0.1, 0.15) is 18.2 Å². The number of benzene rings is 1. The minimum absolute atomic E-state index is 0.442. The molecule has 3 aromatic rings. The lowest BCUT2D eigenvalue weighted by molar-refractivity contribution is 0.296. The Labute approximate surface area is 160 Å². The number of nitrogens with zero attached hydrogens (tertiary/aromatic N) is 3. The molecule has 1 aromatic carbocycles. The van der Waals surface area contributed by atoms with Crippen LogP contribution in [0.4, 0.5) is 0 Å². The second-order valence-electron chi connectivity index (χ2n) is 6.58. The molecule has 6 nitrogen and oxygen atoms in total. The number of aromatic nitrogens is 3. The third-order valence-electron chi connectivity index (χ3n) is 4.26. The average Bonchev–Trinajstić information content (AvgIpc) is 3.20. The van der Waals surface area contributed by atoms with Crippen molar-refractivity contribution >= 4 is 0 Å². The molecule has 0 aliphatic heterocycles. The van der Waals surface area contributed by atoms with Gasteiger partial charge in [0.05, 0.1) is 19.1 Å². The zero-order valence-corrected chi connectivity index (χ0v) is 15.8. The van der Waals surface area contributed by atoms with Crippen LogP contribution in [0.2, 0.25) is 0 Å². The van der Waals surface area contributed by atoms with Crippen LogP contribution in [-0.4, -0.2) is 28.2 Å². The second kappa shape index (κ2) is 9.73. The third-order valence-corrected chi connectivity index (χ3v) is 4.26. The molecule has 2 aromatic heterocycles. The number of methoxy groups -OCH3 is 1. The largest absolute Gasteiger partial charge is 0.497 e. The van der Waals surface area contributed by atoms with Gasteiger partial charge in [-0.05, 0) is 42.8 Å². The van der Waals surface area contributed by atoms with Crippen LogP contribution in [-0.2, 0) is 19.7 Å². The lowest BCUT2D eigenvalue weighted by atomic mass is 10.1. The number of imidazole rings is 1. The number of hydrogen-bond donors (Lipinski definition) is 1. The van der Waals surface area contributed by atoms with Gasteiger partial charge in [-0.3, -0.25) is 4.98 Å². The van der Waals surface area contributed by atoms with E-state index in [-0.39, 0.29) is 0 Å². The first-order valence-corrected chi connectivity index (χ1v) is 9.10. The summed E-state index contributed by atoms with van der Waals surface area (Å²) in [6.45, 7) is 5.21. The first-order valence-electron chi connectivity index (χ1n) is 9.10. The maximum atomic E-state index is 6.00. The predicted octanol–water partition coefficient (Wildman–Crippen LogP) is 3.29. The SMILES string of the molecule is COc1ccc(OCc2ccccn2)c(CNCC(C)Cn2ccnc2)c1. The Hall–Kier alpha value is -2.86. The van der Waals surface area contributed by atoms with E-state index < -0.39 is 0 Å². The molecule has 1 atom stereocenters. The van der Waals surface area contributed by atoms with Gasteiger partial charge in [0.15, 0.2) is 0 Å². The van der Waals surface area contributed by atoms with E-state index in [0.29, 0.717) is 19.1 Å². The summed E-state index contributed by atoms with van der Waals surface area (Å²) >= 11 is 0. The fourth-order valence-corrected chi connectivity index (χ4v) is 2.87. The van der Waals surface area contributed by atoms with Crippen molar-refractivity contribution in [1.82, 2.24) is 19.9 Å². The fraction of sp³-hybridized carbons (Fsp3) is 0.333. The highest BCUT2D eigenvalue weighted by Crippen LogP contribution is 2.25. The van der Waals surface area contributed by atoms with Gasteiger partial charge in [-0.25, -0.2) is 4.98 Å². The smallest absolute Gasteiger partial charge is 0.130 e. The summed E-state index contributed by atoms with van der Waals surface area (Å²) in [6, 6.07) is 11.7. The van der Waals surface area contributed by atoms with Crippen molar-refractivity contribution in [2.75, 3.05) is 13.7 Å². The van der Waals surface area contributed by atoms with Crippen LogP contribution >= 0.6 is 0 Å². The van der Waals surface area contributed by atoms with Gasteiger partial charge in [-0.1, -0.05) is 13.0 Å². The van der Waals surface area contributed by atoms with E-state index in [9.17, 15) is 0 Å². The standard InChI is InChI=1S/C21H26N4O2/c1-17(14-25-10-9-22-16-25)12-23-13-18-11-20(26-2)6-7-21(18)27-15-19-5-3-4-8-24-19/h3-11,16-17,23H,12-15H2,1-2H3. The van der Waals surface area contributed by atoms with Crippen LogP contribution in [0.15, 0.2) is 61.3 Å². The number of pyridine rings is 1. The van der Waals surface area contributed by atoms with Gasteiger partial charge in [-0.2, -0.15) is 0 Å². The zero-order valence-electron chi connectivity index (χ0n) is 15.8. The lowest BCUT2D eigenvalue weighted by Crippen LogP contribution is -2.23. The normalized spacial score (nSPS) is 11.9. The van der Waals surface area contributed by atoms with Crippen molar-refractivity contribution < 1.29 is 9.47 Å². The molecule has 0 aliphatic carbocycles. The Bertz CT molecular complexity index is 806. The second-order valence-corrected chi connectivity index (χ2v) is 6.58. The third kappa shape index (κ3) is 5.82. The number of nitrogens with one attached hydrogen (secondary N) is 1. The van der Waals surface area contributed by atoms with Gasteiger partial charge in [0.25, 0.3) is 0 Å². The first kappa shape index (κ1) is 18.9. The highest BCUT2D eigenvalue weighted by molar-refractivity contribution is 5.40. The molecule has 0 aliphatic rings. The van der Waals surface area contributed by atoms with Crippen LogP contribution in [0.25, 0.3) is 0 Å². The molecule has 142 valence electrons. The highest BCUT2D eigenvalue weighted by atomic mass is 16.5. The molecule has 1 N–H and O–H groups in total. The van der Waals surface area contributed by atoms with E-state index in [2.05, 4.69) is 26.8 Å². The molecule has 6 heteroatoms. The molecule has 3 rings (SSSR count). The maximum absolute atomic E-state index is 6.00. The minimum Gasteiger partial charge on any atom is -0.497 e. The molecule has 0 amide bonds. The average molecular weight is 366 g/mol. The Morgan fingerprint density at radius 3 is 2.85 bits per heavy atom. The van der Waals surface area contributed by atoms with Crippen molar-refractivity contribution in [2.24, 2.45) is 5.92 Å². The predicted molar refractivity (Wildman–Crippen MR) is 105 cm³/mol. The molecule has 0 saturated carbocycles. The lowest BCUT2D eigenvalue weighted by Gasteiger charge is -2.16. The van der Waals surface area contributed by atoms with Crippen molar-refractivity contribution in [2.45, 2.75) is 26.6 Å². The number of hydrogen-bond acceptors (Lipinski definition) is 5. The molecular formula is C21H26N4O2. The van der Waals surface area contributed by atoms with Crippen molar-refractivity contribution in [3.8, 4) is 11.5 Å². The van der Waals surface area contributed by atoms with Crippen LogP contribution in [0.3, 0.4) is 0 Å². The van der Waals surface area contributed by atoms with Crippen LogP contribution in [0.5, 0.6) is 11.5 Å². The molecule has 0 spiro atoms. The fourth-order valence-electron chi connectivity index (χ4n) is 2.87.